The van der Waals surface area contributed by atoms with E-state index >= 15 is 0 Å². The van der Waals surface area contributed by atoms with Crippen LogP contribution in [0.4, 0.5) is 4.39 Å². The van der Waals surface area contributed by atoms with Crippen molar-refractivity contribution >= 4 is 11.8 Å². The zero-order valence-corrected chi connectivity index (χ0v) is 13.4. The largest absolute Gasteiger partial charge is 0.312 e. The van der Waals surface area contributed by atoms with Crippen molar-refractivity contribution in [1.82, 2.24) is 5.32 Å². The van der Waals surface area contributed by atoms with Crippen LogP contribution in [0.1, 0.15) is 51.5 Å². The lowest BCUT2D eigenvalue weighted by atomic mass is 10.0. The minimum atomic E-state index is -0.0675. The maximum absolute atomic E-state index is 14.1. The van der Waals surface area contributed by atoms with Gasteiger partial charge in [-0.15, -0.1) is 11.8 Å². The van der Waals surface area contributed by atoms with Crippen LogP contribution in [0.25, 0.3) is 0 Å². The van der Waals surface area contributed by atoms with E-state index in [1.807, 2.05) is 17.8 Å². The van der Waals surface area contributed by atoms with Gasteiger partial charge < -0.3 is 5.32 Å². The van der Waals surface area contributed by atoms with Crippen LogP contribution in [0.15, 0.2) is 23.1 Å². The number of halogens is 1. The lowest BCUT2D eigenvalue weighted by Crippen LogP contribution is -2.20. The van der Waals surface area contributed by atoms with Crippen molar-refractivity contribution in [3.05, 3.63) is 29.6 Å². The third-order valence-electron chi connectivity index (χ3n) is 3.78. The first-order valence-electron chi connectivity index (χ1n) is 7.81. The summed E-state index contributed by atoms with van der Waals surface area (Å²) in [5.41, 5.74) is 0.851. The molecule has 1 fully saturated rings. The van der Waals surface area contributed by atoms with Crippen LogP contribution in [-0.4, -0.2) is 11.8 Å². The topological polar surface area (TPSA) is 12.0 Å². The Morgan fingerprint density at radius 2 is 2.00 bits per heavy atom. The molecule has 1 aliphatic carbocycles. The van der Waals surface area contributed by atoms with Crippen LogP contribution < -0.4 is 5.32 Å². The van der Waals surface area contributed by atoms with Gasteiger partial charge in [-0.3, -0.25) is 0 Å². The highest BCUT2D eigenvalue weighted by molar-refractivity contribution is 8.00. The molecule has 0 amide bonds. The van der Waals surface area contributed by atoms with Gasteiger partial charge in [0.05, 0.1) is 0 Å². The molecular weight excluding hydrogens is 269 g/mol. The Labute approximate surface area is 126 Å². The lowest BCUT2D eigenvalue weighted by Gasteiger charge is -2.22. The summed E-state index contributed by atoms with van der Waals surface area (Å²) in [6.45, 7) is 5.92. The van der Waals surface area contributed by atoms with Gasteiger partial charge in [-0.05, 0) is 37.4 Å². The molecule has 0 atom stereocenters. The summed E-state index contributed by atoms with van der Waals surface area (Å²) < 4.78 is 14.1. The Balaban J connectivity index is 2.01. The van der Waals surface area contributed by atoms with Crippen molar-refractivity contribution in [1.29, 1.82) is 0 Å². The molecule has 0 bridgehead atoms. The summed E-state index contributed by atoms with van der Waals surface area (Å²) in [6, 6.07) is 5.50. The minimum Gasteiger partial charge on any atom is -0.312 e. The van der Waals surface area contributed by atoms with E-state index in [1.165, 1.54) is 32.1 Å². The molecule has 20 heavy (non-hydrogen) atoms. The van der Waals surface area contributed by atoms with Crippen molar-refractivity contribution in [2.75, 3.05) is 6.54 Å². The van der Waals surface area contributed by atoms with E-state index < -0.39 is 0 Å². The predicted octanol–water partition coefficient (Wildman–Crippen LogP) is 5.00. The zero-order valence-electron chi connectivity index (χ0n) is 12.6. The molecule has 1 saturated carbocycles. The molecule has 1 nitrogen and oxygen atoms in total. The van der Waals surface area contributed by atoms with E-state index in [1.54, 1.807) is 6.07 Å². The second-order valence-electron chi connectivity index (χ2n) is 6.12. The molecule has 0 aliphatic heterocycles. The molecule has 2 rings (SSSR count). The SMILES string of the molecule is CC(C)CNCc1c(F)cccc1SC1CCCCC1. The first-order valence-corrected chi connectivity index (χ1v) is 8.69. The van der Waals surface area contributed by atoms with Crippen LogP contribution >= 0.6 is 11.8 Å². The smallest absolute Gasteiger partial charge is 0.128 e. The van der Waals surface area contributed by atoms with Crippen molar-refractivity contribution < 1.29 is 4.39 Å². The Morgan fingerprint density at radius 1 is 1.25 bits per heavy atom. The third kappa shape index (κ3) is 4.78. The summed E-state index contributed by atoms with van der Waals surface area (Å²) in [4.78, 5) is 1.13. The quantitative estimate of drug-likeness (QED) is 0.793. The second-order valence-corrected chi connectivity index (χ2v) is 7.46. The lowest BCUT2D eigenvalue weighted by molar-refractivity contribution is 0.514. The highest BCUT2D eigenvalue weighted by atomic mass is 32.2. The molecule has 0 unspecified atom stereocenters. The van der Waals surface area contributed by atoms with Gasteiger partial charge in [0.2, 0.25) is 0 Å². The van der Waals surface area contributed by atoms with Crippen LogP contribution in [0, 0.1) is 11.7 Å². The number of thioether (sulfide) groups is 1. The number of benzene rings is 1. The maximum atomic E-state index is 14.1. The fourth-order valence-corrected chi connectivity index (χ4v) is 4.07. The van der Waals surface area contributed by atoms with Gasteiger partial charge in [-0.1, -0.05) is 39.2 Å². The van der Waals surface area contributed by atoms with E-state index in [9.17, 15) is 4.39 Å². The summed E-state index contributed by atoms with van der Waals surface area (Å²) in [7, 11) is 0. The van der Waals surface area contributed by atoms with E-state index in [0.717, 1.165) is 17.0 Å². The zero-order chi connectivity index (χ0) is 14.4. The molecule has 112 valence electrons. The van der Waals surface area contributed by atoms with E-state index in [0.29, 0.717) is 17.7 Å². The number of nitrogens with one attached hydrogen (secondary N) is 1. The standard InChI is InChI=1S/C17H26FNS/c1-13(2)11-19-12-15-16(18)9-6-10-17(15)20-14-7-4-3-5-8-14/h6,9-10,13-14,19H,3-5,7-8,11-12H2,1-2H3. The number of rotatable bonds is 6. The van der Waals surface area contributed by atoms with Crippen molar-refractivity contribution in [2.45, 2.75) is 62.6 Å². The summed E-state index contributed by atoms with van der Waals surface area (Å²) >= 11 is 1.88. The third-order valence-corrected chi connectivity index (χ3v) is 5.22. The average molecular weight is 295 g/mol. The van der Waals surface area contributed by atoms with Gasteiger partial charge in [-0.2, -0.15) is 0 Å². The monoisotopic (exact) mass is 295 g/mol. The first kappa shape index (κ1) is 15.8. The molecule has 1 aliphatic rings. The van der Waals surface area contributed by atoms with Crippen LogP contribution in [-0.2, 0) is 6.54 Å². The molecular formula is C17H26FNS. The highest BCUT2D eigenvalue weighted by Gasteiger charge is 2.17. The molecule has 1 N–H and O–H groups in total. The minimum absolute atomic E-state index is 0.0675. The van der Waals surface area contributed by atoms with Gasteiger partial charge in [0.1, 0.15) is 5.82 Å². The molecule has 0 aromatic heterocycles. The fraction of sp³-hybridized carbons (Fsp3) is 0.647. The normalized spacial score (nSPS) is 16.8. The van der Waals surface area contributed by atoms with Gasteiger partial charge in [-0.25, -0.2) is 4.39 Å². The second kappa shape index (κ2) is 8.04. The predicted molar refractivity (Wildman–Crippen MR) is 85.7 cm³/mol. The molecule has 0 radical (unpaired) electrons. The highest BCUT2D eigenvalue weighted by Crippen LogP contribution is 2.35. The summed E-state index contributed by atoms with van der Waals surface area (Å²) in [6.07, 6.45) is 6.57. The summed E-state index contributed by atoms with van der Waals surface area (Å²) in [5, 5.41) is 4.04. The van der Waals surface area contributed by atoms with Crippen molar-refractivity contribution in [3.63, 3.8) is 0 Å². The Hall–Kier alpha value is -0.540. The van der Waals surface area contributed by atoms with Crippen LogP contribution in [0.5, 0.6) is 0 Å². The maximum Gasteiger partial charge on any atom is 0.128 e. The van der Waals surface area contributed by atoms with E-state index in [4.69, 9.17) is 0 Å². The Bertz CT molecular complexity index is 413. The molecule has 1 aromatic carbocycles. The van der Waals surface area contributed by atoms with Gasteiger partial charge in [0.15, 0.2) is 0 Å². The fourth-order valence-electron chi connectivity index (χ4n) is 2.67. The molecule has 3 heteroatoms. The van der Waals surface area contributed by atoms with Gasteiger partial charge in [0.25, 0.3) is 0 Å². The number of hydrogen-bond donors (Lipinski definition) is 1. The Kier molecular flexibility index (Phi) is 6.37. The summed E-state index contributed by atoms with van der Waals surface area (Å²) in [5.74, 6) is 0.526. The van der Waals surface area contributed by atoms with Crippen molar-refractivity contribution in [3.8, 4) is 0 Å². The van der Waals surface area contributed by atoms with Crippen LogP contribution in [0.3, 0.4) is 0 Å². The van der Waals surface area contributed by atoms with E-state index in [2.05, 4.69) is 25.2 Å². The van der Waals surface area contributed by atoms with Crippen molar-refractivity contribution in [2.24, 2.45) is 5.92 Å². The Morgan fingerprint density at radius 3 is 2.70 bits per heavy atom. The molecule has 1 aromatic rings. The van der Waals surface area contributed by atoms with Gasteiger partial charge in [0, 0.05) is 22.3 Å². The number of hydrogen-bond acceptors (Lipinski definition) is 2. The molecule has 0 saturated heterocycles. The average Bonchev–Trinajstić information content (AvgIpc) is 2.43. The first-order chi connectivity index (χ1) is 9.66. The molecule has 0 heterocycles. The van der Waals surface area contributed by atoms with E-state index in [-0.39, 0.29) is 5.82 Å². The van der Waals surface area contributed by atoms with Crippen LogP contribution in [0.2, 0.25) is 0 Å². The van der Waals surface area contributed by atoms with Gasteiger partial charge >= 0.3 is 0 Å². The molecule has 0 spiro atoms.